The molecule has 0 amide bonds. The van der Waals surface area contributed by atoms with Crippen LogP contribution >= 0.6 is 0 Å². The van der Waals surface area contributed by atoms with Gasteiger partial charge in [-0.05, 0) is 43.7 Å². The quantitative estimate of drug-likeness (QED) is 0.488. The number of hydrogen-bond acceptors (Lipinski definition) is 4. The minimum absolute atomic E-state index is 0.408. The first-order chi connectivity index (χ1) is 13.6. The highest BCUT2D eigenvalue weighted by atomic mass is 28.3. The molecule has 0 aliphatic heterocycles. The fraction of sp³-hybridized carbons (Fsp3) is 0.417. The SMILES string of the molecule is COc1ccc(N[C@@](C)(C#C[Si](C)(C)C)[C@H](OCc2ccccc2)[C@H](C)O)cc1. The molecular weight excluding hydrogens is 378 g/mol. The molecular formula is C24H33NO3Si. The van der Waals surface area contributed by atoms with Crippen molar-refractivity contribution in [3.05, 3.63) is 60.2 Å². The maximum atomic E-state index is 10.6. The van der Waals surface area contributed by atoms with Gasteiger partial charge in [0.05, 0.1) is 19.8 Å². The van der Waals surface area contributed by atoms with Gasteiger partial charge in [-0.1, -0.05) is 55.9 Å². The van der Waals surface area contributed by atoms with E-state index < -0.39 is 25.8 Å². The zero-order valence-electron chi connectivity index (χ0n) is 18.3. The van der Waals surface area contributed by atoms with E-state index in [9.17, 15) is 5.11 Å². The van der Waals surface area contributed by atoms with Crippen LogP contribution in [0.25, 0.3) is 0 Å². The Balaban J connectivity index is 2.34. The van der Waals surface area contributed by atoms with Gasteiger partial charge in [0, 0.05) is 5.69 Å². The molecule has 0 aliphatic carbocycles. The molecule has 0 bridgehead atoms. The monoisotopic (exact) mass is 411 g/mol. The van der Waals surface area contributed by atoms with Gasteiger partial charge in [0.15, 0.2) is 0 Å². The van der Waals surface area contributed by atoms with Gasteiger partial charge in [0.25, 0.3) is 0 Å². The van der Waals surface area contributed by atoms with E-state index in [0.29, 0.717) is 6.61 Å². The smallest absolute Gasteiger partial charge is 0.129 e. The molecule has 0 radical (unpaired) electrons. The van der Waals surface area contributed by atoms with Crippen LogP contribution < -0.4 is 10.1 Å². The minimum atomic E-state index is -1.62. The first-order valence-corrected chi connectivity index (χ1v) is 13.4. The Morgan fingerprint density at radius 3 is 2.21 bits per heavy atom. The molecule has 0 spiro atoms. The number of nitrogens with one attached hydrogen (secondary N) is 1. The predicted octanol–water partition coefficient (Wildman–Crippen LogP) is 4.71. The van der Waals surface area contributed by atoms with Crippen molar-refractivity contribution in [2.45, 2.75) is 57.8 Å². The zero-order valence-corrected chi connectivity index (χ0v) is 19.3. The van der Waals surface area contributed by atoms with Gasteiger partial charge in [-0.15, -0.1) is 5.54 Å². The Kier molecular flexibility index (Phi) is 7.92. The topological polar surface area (TPSA) is 50.7 Å². The molecule has 0 heterocycles. The number of rotatable bonds is 8. The van der Waals surface area contributed by atoms with Crippen LogP contribution in [-0.4, -0.2) is 38.0 Å². The molecule has 2 aromatic rings. The molecule has 29 heavy (non-hydrogen) atoms. The van der Waals surface area contributed by atoms with Gasteiger partial charge < -0.3 is 19.9 Å². The molecule has 2 aromatic carbocycles. The lowest BCUT2D eigenvalue weighted by atomic mass is 9.91. The van der Waals surface area contributed by atoms with Crippen molar-refractivity contribution in [2.75, 3.05) is 12.4 Å². The van der Waals surface area contributed by atoms with E-state index in [-0.39, 0.29) is 0 Å². The van der Waals surface area contributed by atoms with Gasteiger partial charge >= 0.3 is 0 Å². The van der Waals surface area contributed by atoms with Crippen LogP contribution in [0, 0.1) is 11.5 Å². The van der Waals surface area contributed by atoms with Gasteiger partial charge in [-0.25, -0.2) is 0 Å². The number of ether oxygens (including phenoxy) is 2. The highest BCUT2D eigenvalue weighted by Gasteiger charge is 2.37. The van der Waals surface area contributed by atoms with Crippen molar-refractivity contribution in [2.24, 2.45) is 0 Å². The van der Waals surface area contributed by atoms with Crippen molar-refractivity contribution in [3.8, 4) is 17.2 Å². The maximum absolute atomic E-state index is 10.6. The summed E-state index contributed by atoms with van der Waals surface area (Å²) >= 11 is 0. The Morgan fingerprint density at radius 1 is 1.07 bits per heavy atom. The second-order valence-electron chi connectivity index (χ2n) is 8.51. The summed E-state index contributed by atoms with van der Waals surface area (Å²) in [5.41, 5.74) is 4.64. The van der Waals surface area contributed by atoms with E-state index in [1.165, 1.54) is 0 Å². The van der Waals surface area contributed by atoms with Crippen LogP contribution in [0.1, 0.15) is 19.4 Å². The van der Waals surface area contributed by atoms with Crippen LogP contribution in [0.4, 0.5) is 5.69 Å². The molecule has 3 atom stereocenters. The average Bonchev–Trinajstić information content (AvgIpc) is 2.67. The summed E-state index contributed by atoms with van der Waals surface area (Å²) in [6.07, 6.45) is -1.22. The first-order valence-electron chi connectivity index (χ1n) is 9.93. The summed E-state index contributed by atoms with van der Waals surface area (Å²) in [7, 11) is 0.0210. The van der Waals surface area contributed by atoms with Gasteiger partial charge in [0.1, 0.15) is 25.5 Å². The van der Waals surface area contributed by atoms with Crippen molar-refractivity contribution < 1.29 is 14.6 Å². The second-order valence-corrected chi connectivity index (χ2v) is 13.3. The van der Waals surface area contributed by atoms with E-state index in [0.717, 1.165) is 17.0 Å². The number of hydrogen-bond donors (Lipinski definition) is 2. The summed E-state index contributed by atoms with van der Waals surface area (Å²) in [6, 6.07) is 17.7. The molecule has 5 heteroatoms. The molecule has 0 aromatic heterocycles. The minimum Gasteiger partial charge on any atom is -0.497 e. The normalized spacial score (nSPS) is 15.4. The molecule has 4 nitrogen and oxygen atoms in total. The lowest BCUT2D eigenvalue weighted by molar-refractivity contribution is -0.0578. The molecule has 2 rings (SSSR count). The van der Waals surface area contributed by atoms with Gasteiger partial charge in [-0.3, -0.25) is 0 Å². The van der Waals surface area contributed by atoms with Crippen LogP contribution in [0.15, 0.2) is 54.6 Å². The van der Waals surface area contributed by atoms with E-state index in [2.05, 4.69) is 36.4 Å². The first kappa shape index (κ1) is 23.0. The largest absolute Gasteiger partial charge is 0.497 e. The van der Waals surface area contributed by atoms with Crippen LogP contribution in [0.2, 0.25) is 19.6 Å². The molecule has 0 unspecified atom stereocenters. The van der Waals surface area contributed by atoms with Crippen LogP contribution in [-0.2, 0) is 11.3 Å². The predicted molar refractivity (Wildman–Crippen MR) is 123 cm³/mol. The third kappa shape index (κ3) is 7.25. The number of aliphatic hydroxyl groups is 1. The van der Waals surface area contributed by atoms with E-state index >= 15 is 0 Å². The Labute approximate surface area is 176 Å². The summed E-state index contributed by atoms with van der Waals surface area (Å²) in [5, 5.41) is 14.1. The summed E-state index contributed by atoms with van der Waals surface area (Å²) in [6.45, 7) is 10.8. The van der Waals surface area contributed by atoms with Crippen molar-refractivity contribution in [3.63, 3.8) is 0 Å². The Morgan fingerprint density at radius 2 is 1.69 bits per heavy atom. The average molecular weight is 412 g/mol. The lowest BCUT2D eigenvalue weighted by Crippen LogP contribution is -2.52. The van der Waals surface area contributed by atoms with Crippen molar-refractivity contribution in [1.82, 2.24) is 0 Å². The number of benzene rings is 2. The Bertz CT molecular complexity index is 819. The van der Waals surface area contributed by atoms with Gasteiger partial charge in [-0.2, -0.15) is 0 Å². The molecule has 0 saturated carbocycles. The lowest BCUT2D eigenvalue weighted by Gasteiger charge is -2.37. The molecule has 2 N–H and O–H groups in total. The van der Waals surface area contributed by atoms with Crippen LogP contribution in [0.3, 0.4) is 0 Å². The molecule has 0 aliphatic rings. The standard InChI is InChI=1S/C24H33NO3Si/c1-19(26)23(28-18-20-10-8-7-9-11-20)24(2,16-17-29(4,5)6)25-21-12-14-22(27-3)15-13-21/h7-15,19,23,25-26H,18H2,1-6H3/t19-,23+,24-/m0/s1. The zero-order chi connectivity index (χ0) is 21.5. The summed E-state index contributed by atoms with van der Waals surface area (Å²) < 4.78 is 11.5. The van der Waals surface area contributed by atoms with Gasteiger partial charge in [0.2, 0.25) is 0 Å². The highest BCUT2D eigenvalue weighted by Crippen LogP contribution is 2.26. The summed E-state index contributed by atoms with van der Waals surface area (Å²) in [5.74, 6) is 4.20. The molecule has 156 valence electrons. The Hall–Kier alpha value is -2.26. The highest BCUT2D eigenvalue weighted by molar-refractivity contribution is 6.83. The van der Waals surface area contributed by atoms with Crippen LogP contribution in [0.5, 0.6) is 5.75 Å². The van der Waals surface area contributed by atoms with E-state index in [1.54, 1.807) is 14.0 Å². The van der Waals surface area contributed by atoms with E-state index in [4.69, 9.17) is 9.47 Å². The number of aliphatic hydroxyl groups excluding tert-OH is 1. The fourth-order valence-electron chi connectivity index (χ4n) is 3.01. The number of anilines is 1. The second kappa shape index (κ2) is 9.97. The summed E-state index contributed by atoms with van der Waals surface area (Å²) in [4.78, 5) is 0. The third-order valence-corrected chi connectivity index (χ3v) is 5.35. The fourth-order valence-corrected chi connectivity index (χ4v) is 3.65. The van der Waals surface area contributed by atoms with Crippen molar-refractivity contribution >= 4 is 13.8 Å². The maximum Gasteiger partial charge on any atom is 0.129 e. The number of methoxy groups -OCH3 is 1. The molecule has 0 saturated heterocycles. The third-order valence-electron chi connectivity index (χ3n) is 4.47. The molecule has 0 fully saturated rings. The van der Waals surface area contributed by atoms with Crippen molar-refractivity contribution in [1.29, 1.82) is 0 Å². The van der Waals surface area contributed by atoms with E-state index in [1.807, 2.05) is 61.5 Å².